The first-order chi connectivity index (χ1) is 27.1. The van der Waals surface area contributed by atoms with E-state index in [4.69, 9.17) is 14.2 Å². The van der Waals surface area contributed by atoms with E-state index in [-0.39, 0.29) is 42.7 Å². The Morgan fingerprint density at radius 2 is 0.946 bits per heavy atom. The molecule has 328 valence electrons. The van der Waals surface area contributed by atoms with Gasteiger partial charge < -0.3 is 28.6 Å². The molecule has 2 atom stereocenters. The molecule has 0 N–H and O–H groups in total. The summed E-state index contributed by atoms with van der Waals surface area (Å²) in [7, 11) is 5.41. The van der Waals surface area contributed by atoms with E-state index in [0.717, 1.165) is 51.4 Å². The van der Waals surface area contributed by atoms with Gasteiger partial charge in [-0.15, -0.1) is 0 Å². The first kappa shape index (κ1) is 53.8. The molecule has 0 aromatic carbocycles. The Balaban J connectivity index is 4.30. The fourth-order valence-corrected chi connectivity index (χ4v) is 6.93. The molecule has 0 aromatic heterocycles. The smallest absolute Gasteiger partial charge is 0.306 e. The van der Waals surface area contributed by atoms with Gasteiger partial charge in [0.15, 0.2) is 6.10 Å². The van der Waals surface area contributed by atoms with Crippen LogP contribution in [0.2, 0.25) is 0 Å². The highest BCUT2D eigenvalue weighted by atomic mass is 16.6. The molecular formula is C48H89NO7. The number of nitrogens with zero attached hydrogens (tertiary/aromatic N) is 1. The van der Waals surface area contributed by atoms with Crippen molar-refractivity contribution < 1.29 is 38.2 Å². The number of likely N-dealkylation sites (N-methyl/N-ethyl adjacent to an activating group) is 1. The first-order valence-electron chi connectivity index (χ1n) is 23.4. The second-order valence-corrected chi connectivity index (χ2v) is 17.0. The third-order valence-corrected chi connectivity index (χ3v) is 10.6. The van der Waals surface area contributed by atoms with E-state index in [9.17, 15) is 19.5 Å². The topological polar surface area (TPSA) is 102 Å². The third kappa shape index (κ3) is 37.4. The molecule has 0 aromatic rings. The lowest BCUT2D eigenvalue weighted by Crippen LogP contribution is -2.55. The summed E-state index contributed by atoms with van der Waals surface area (Å²) in [6.07, 6.45) is 43.3. The van der Waals surface area contributed by atoms with Crippen LogP contribution in [0.3, 0.4) is 0 Å². The molecule has 0 aliphatic heterocycles. The van der Waals surface area contributed by atoms with Crippen molar-refractivity contribution in [1.82, 2.24) is 0 Å². The van der Waals surface area contributed by atoms with Crippen LogP contribution < -0.4 is 5.11 Å². The number of esters is 2. The average molecular weight is 792 g/mol. The van der Waals surface area contributed by atoms with E-state index >= 15 is 0 Å². The summed E-state index contributed by atoms with van der Waals surface area (Å²) in [5.41, 5.74) is 0. The Labute approximate surface area is 345 Å². The summed E-state index contributed by atoms with van der Waals surface area (Å²) in [5.74, 6) is -1.73. The fourth-order valence-electron chi connectivity index (χ4n) is 6.93. The van der Waals surface area contributed by atoms with E-state index in [1.807, 2.05) is 0 Å². The molecule has 56 heavy (non-hydrogen) atoms. The predicted octanol–water partition coefficient (Wildman–Crippen LogP) is 11.5. The van der Waals surface area contributed by atoms with Crippen molar-refractivity contribution in [3.8, 4) is 0 Å². The van der Waals surface area contributed by atoms with Crippen molar-refractivity contribution in [3.63, 3.8) is 0 Å². The second-order valence-electron chi connectivity index (χ2n) is 17.0. The molecule has 8 nitrogen and oxygen atoms in total. The summed E-state index contributed by atoms with van der Waals surface area (Å²) < 4.78 is 17.2. The number of rotatable bonds is 42. The number of quaternary nitrogens is 1. The van der Waals surface area contributed by atoms with Crippen LogP contribution in [0.25, 0.3) is 0 Å². The maximum absolute atomic E-state index is 12.7. The maximum atomic E-state index is 12.7. The van der Waals surface area contributed by atoms with Crippen molar-refractivity contribution in [3.05, 3.63) is 24.3 Å². The van der Waals surface area contributed by atoms with Gasteiger partial charge in [0.25, 0.3) is 0 Å². The molecular weight excluding hydrogens is 703 g/mol. The zero-order valence-electron chi connectivity index (χ0n) is 37.3. The van der Waals surface area contributed by atoms with Crippen LogP contribution in [-0.4, -0.2) is 75.5 Å². The summed E-state index contributed by atoms with van der Waals surface area (Å²) in [4.78, 5) is 36.9. The average Bonchev–Trinajstić information content (AvgIpc) is 3.15. The summed E-state index contributed by atoms with van der Waals surface area (Å²) in [5, 5.41) is 11.6. The van der Waals surface area contributed by atoms with Gasteiger partial charge in [-0.1, -0.05) is 173 Å². The fraction of sp³-hybridized carbons (Fsp3) is 0.854. The van der Waals surface area contributed by atoms with Crippen molar-refractivity contribution in [1.29, 1.82) is 0 Å². The molecule has 0 spiro atoms. The van der Waals surface area contributed by atoms with Gasteiger partial charge in [0.1, 0.15) is 12.6 Å². The van der Waals surface area contributed by atoms with E-state index in [2.05, 4.69) is 38.2 Å². The number of carbonyl (C=O) groups is 3. The van der Waals surface area contributed by atoms with E-state index in [1.165, 1.54) is 128 Å². The molecule has 2 unspecified atom stereocenters. The van der Waals surface area contributed by atoms with Gasteiger partial charge in [-0.05, 0) is 44.9 Å². The third-order valence-electron chi connectivity index (χ3n) is 10.6. The number of aliphatic carboxylic acids is 1. The van der Waals surface area contributed by atoms with E-state index in [0.29, 0.717) is 12.8 Å². The summed E-state index contributed by atoms with van der Waals surface area (Å²) in [6, 6.07) is -0.724. The Hall–Kier alpha value is -2.19. The van der Waals surface area contributed by atoms with Gasteiger partial charge in [-0.2, -0.15) is 0 Å². The van der Waals surface area contributed by atoms with Gasteiger partial charge in [-0.25, -0.2) is 0 Å². The molecule has 0 aliphatic carbocycles. The molecule has 0 aliphatic rings. The number of allylic oxidation sites excluding steroid dienone is 4. The standard InChI is InChI=1S/C48H89NO7/c1-6-8-10-12-14-16-18-20-22-23-25-26-28-30-32-34-36-38-46(50)55-43-44(42-54-41-40-45(48(52)53)49(3,4)5)56-47(51)39-37-35-33-31-29-27-24-21-19-17-15-13-11-9-7-2/h14,16,20,22,44-45H,6-13,15,17-19,21,23-43H2,1-5H3/b16-14+,22-20+. The zero-order chi connectivity index (χ0) is 41.4. The van der Waals surface area contributed by atoms with Gasteiger partial charge in [-0.3, -0.25) is 9.59 Å². The summed E-state index contributed by atoms with van der Waals surface area (Å²) in [6.45, 7) is 4.65. The lowest BCUT2D eigenvalue weighted by molar-refractivity contribution is -0.889. The molecule has 0 rings (SSSR count). The van der Waals surface area contributed by atoms with E-state index in [1.54, 1.807) is 21.1 Å². The van der Waals surface area contributed by atoms with Crippen molar-refractivity contribution >= 4 is 17.9 Å². The number of carbonyl (C=O) groups excluding carboxylic acids is 3. The number of carboxylic acid groups (broad SMARTS) is 1. The molecule has 0 bridgehead atoms. The normalized spacial score (nSPS) is 13.1. The SMILES string of the molecule is CCCCC/C=C/C/C=C/CCCCCCCCCC(=O)OCC(COCCC(C(=O)[O-])[N+](C)(C)C)OC(=O)CCCCCCCCCCCCCCCCC. The molecule has 0 radical (unpaired) electrons. The van der Waals surface area contributed by atoms with Crippen LogP contribution in [0.5, 0.6) is 0 Å². The molecule has 0 fully saturated rings. The number of hydrogen-bond donors (Lipinski definition) is 0. The zero-order valence-corrected chi connectivity index (χ0v) is 37.3. The van der Waals surface area contributed by atoms with Gasteiger partial charge in [0.05, 0.1) is 40.3 Å². The largest absolute Gasteiger partial charge is 0.544 e. The number of unbranched alkanes of at least 4 members (excludes halogenated alkanes) is 24. The maximum Gasteiger partial charge on any atom is 0.306 e. The second kappa shape index (κ2) is 39.6. The van der Waals surface area contributed by atoms with Crippen molar-refractivity contribution in [2.45, 2.75) is 225 Å². The predicted molar refractivity (Wildman–Crippen MR) is 231 cm³/mol. The van der Waals surface area contributed by atoms with Gasteiger partial charge in [0.2, 0.25) is 0 Å². The highest BCUT2D eigenvalue weighted by Gasteiger charge is 2.25. The van der Waals surface area contributed by atoms with Crippen LogP contribution in [0.4, 0.5) is 0 Å². The minimum atomic E-state index is -1.12. The molecule has 8 heteroatoms. The van der Waals surface area contributed by atoms with Crippen LogP contribution in [0, 0.1) is 0 Å². The number of ether oxygens (including phenoxy) is 3. The quantitative estimate of drug-likeness (QED) is 0.0262. The Morgan fingerprint density at radius 3 is 1.41 bits per heavy atom. The van der Waals surface area contributed by atoms with Crippen molar-refractivity contribution in [2.24, 2.45) is 0 Å². The molecule has 0 amide bonds. The minimum absolute atomic E-state index is 0.0424. The monoisotopic (exact) mass is 792 g/mol. The van der Waals surface area contributed by atoms with Crippen LogP contribution in [0.15, 0.2) is 24.3 Å². The molecule has 0 saturated heterocycles. The first-order valence-corrected chi connectivity index (χ1v) is 23.4. The van der Waals surface area contributed by atoms with Crippen LogP contribution in [0.1, 0.15) is 213 Å². The Kier molecular flexibility index (Phi) is 38.1. The van der Waals surface area contributed by atoms with Gasteiger partial charge in [0, 0.05) is 19.3 Å². The number of carboxylic acids is 1. The molecule has 0 saturated carbocycles. The highest BCUT2D eigenvalue weighted by molar-refractivity contribution is 5.70. The Bertz CT molecular complexity index is 973. The molecule has 0 heterocycles. The van der Waals surface area contributed by atoms with Crippen LogP contribution in [-0.2, 0) is 28.6 Å². The minimum Gasteiger partial charge on any atom is -0.544 e. The Morgan fingerprint density at radius 1 is 0.536 bits per heavy atom. The number of hydrogen-bond acceptors (Lipinski definition) is 7. The van der Waals surface area contributed by atoms with Crippen molar-refractivity contribution in [2.75, 3.05) is 41.0 Å². The van der Waals surface area contributed by atoms with Crippen LogP contribution >= 0.6 is 0 Å². The lowest BCUT2D eigenvalue weighted by Gasteiger charge is -2.34. The lowest BCUT2D eigenvalue weighted by atomic mass is 10.0. The highest BCUT2D eigenvalue weighted by Crippen LogP contribution is 2.15. The van der Waals surface area contributed by atoms with Gasteiger partial charge >= 0.3 is 11.9 Å². The van der Waals surface area contributed by atoms with E-state index < -0.39 is 18.1 Å². The summed E-state index contributed by atoms with van der Waals surface area (Å²) >= 11 is 0.